The summed E-state index contributed by atoms with van der Waals surface area (Å²) >= 11 is 9.46. The van der Waals surface area contributed by atoms with Crippen LogP contribution in [0.25, 0.3) is 0 Å². The Kier molecular flexibility index (Phi) is 8.82. The van der Waals surface area contributed by atoms with Crippen molar-refractivity contribution in [3.05, 3.63) is 80.8 Å². The molecule has 1 heterocycles. The molecular weight excluding hydrogens is 580 g/mol. The number of carbonyl (C=O) groups is 3. The molecule has 0 fully saturated rings. The minimum atomic E-state index is -0.962. The summed E-state index contributed by atoms with van der Waals surface area (Å²) in [6.07, 6.45) is 1.26. The topological polar surface area (TPSA) is 127 Å². The number of hydrogen-bond acceptors (Lipinski definition) is 7. The molecule has 12 heteroatoms. The van der Waals surface area contributed by atoms with Gasteiger partial charge >= 0.3 is 11.8 Å². The Labute approximate surface area is 231 Å². The number of anilines is 1. The van der Waals surface area contributed by atoms with E-state index >= 15 is 0 Å². The van der Waals surface area contributed by atoms with E-state index in [1.807, 2.05) is 19.1 Å². The maximum atomic E-state index is 12.4. The molecule has 0 atom stereocenters. The van der Waals surface area contributed by atoms with Crippen molar-refractivity contribution in [2.24, 2.45) is 5.10 Å². The van der Waals surface area contributed by atoms with Gasteiger partial charge in [-0.1, -0.05) is 33.6 Å². The number of hydrazone groups is 1. The molecule has 3 aromatic rings. The van der Waals surface area contributed by atoms with Crippen molar-refractivity contribution >= 4 is 57.2 Å². The zero-order chi connectivity index (χ0) is 27.1. The predicted molar refractivity (Wildman–Crippen MR) is 145 cm³/mol. The first-order chi connectivity index (χ1) is 18.3. The highest BCUT2D eigenvalue weighted by Crippen LogP contribution is 2.32. The molecule has 3 amide bonds. The van der Waals surface area contributed by atoms with E-state index in [4.69, 9.17) is 25.8 Å². The molecule has 1 aliphatic heterocycles. The number of nitrogens with zero attached hydrogens (tertiary/aromatic N) is 1. The van der Waals surface area contributed by atoms with Gasteiger partial charge in [0.05, 0.1) is 6.21 Å². The average Bonchev–Trinajstić information content (AvgIpc) is 3.36. The van der Waals surface area contributed by atoms with E-state index in [9.17, 15) is 14.4 Å². The molecule has 3 aromatic carbocycles. The smallest absolute Gasteiger partial charge is 0.329 e. The lowest BCUT2D eigenvalue weighted by atomic mass is 10.2. The van der Waals surface area contributed by atoms with Crippen molar-refractivity contribution in [1.82, 2.24) is 10.7 Å². The van der Waals surface area contributed by atoms with E-state index in [1.54, 1.807) is 42.5 Å². The Balaban J connectivity index is 1.29. The van der Waals surface area contributed by atoms with Crippen molar-refractivity contribution in [1.29, 1.82) is 0 Å². The van der Waals surface area contributed by atoms with Crippen LogP contribution >= 0.6 is 27.5 Å². The van der Waals surface area contributed by atoms with Gasteiger partial charge in [-0.3, -0.25) is 14.4 Å². The third-order valence-corrected chi connectivity index (χ3v) is 5.99. The van der Waals surface area contributed by atoms with E-state index in [-0.39, 0.29) is 25.9 Å². The number of rotatable bonds is 8. The van der Waals surface area contributed by atoms with Gasteiger partial charge in [-0.25, -0.2) is 5.43 Å². The SMILES string of the molecule is Cc1cc(Br)ccc1NC(=O)COc1ccc(Cl)cc1/C=N\NC(=O)C(=O)NCc1ccc2c(c1)OCO2. The fourth-order valence-corrected chi connectivity index (χ4v) is 4.03. The maximum Gasteiger partial charge on any atom is 0.329 e. The summed E-state index contributed by atoms with van der Waals surface area (Å²) in [6, 6.07) is 15.4. The van der Waals surface area contributed by atoms with Gasteiger partial charge in [0.15, 0.2) is 18.1 Å². The van der Waals surface area contributed by atoms with Gasteiger partial charge in [0.2, 0.25) is 6.79 Å². The fourth-order valence-electron chi connectivity index (χ4n) is 3.37. The highest BCUT2D eigenvalue weighted by molar-refractivity contribution is 9.10. The number of carbonyl (C=O) groups excluding carboxylic acids is 3. The van der Waals surface area contributed by atoms with E-state index in [2.05, 4.69) is 37.1 Å². The van der Waals surface area contributed by atoms with Crippen LogP contribution in [0.15, 0.2) is 64.2 Å². The van der Waals surface area contributed by atoms with E-state index < -0.39 is 11.8 Å². The second-order valence-electron chi connectivity index (χ2n) is 8.05. The van der Waals surface area contributed by atoms with Crippen LogP contribution in [-0.2, 0) is 20.9 Å². The van der Waals surface area contributed by atoms with Crippen LogP contribution in [0.3, 0.4) is 0 Å². The Morgan fingerprint density at radius 3 is 2.68 bits per heavy atom. The van der Waals surface area contributed by atoms with Crippen molar-refractivity contribution in [3.63, 3.8) is 0 Å². The zero-order valence-corrected chi connectivity index (χ0v) is 22.4. The van der Waals surface area contributed by atoms with Crippen molar-refractivity contribution in [3.8, 4) is 17.2 Å². The number of halogens is 2. The standard InChI is InChI=1S/C26H22BrClN4O6/c1-15-8-18(27)3-5-20(15)31-24(33)13-36-21-7-4-19(28)10-17(21)12-30-32-26(35)25(34)29-11-16-2-6-22-23(9-16)38-14-37-22/h2-10,12H,11,13-14H2,1H3,(H,29,34)(H,31,33)(H,32,35)/b30-12-. The lowest BCUT2D eigenvalue weighted by Crippen LogP contribution is -2.37. The summed E-state index contributed by atoms with van der Waals surface area (Å²) in [5.74, 6) is -0.691. The molecule has 0 radical (unpaired) electrons. The summed E-state index contributed by atoms with van der Waals surface area (Å²) in [7, 11) is 0. The van der Waals surface area contributed by atoms with Gasteiger partial charge in [0.25, 0.3) is 5.91 Å². The van der Waals surface area contributed by atoms with Crippen molar-refractivity contribution in [2.45, 2.75) is 13.5 Å². The van der Waals surface area contributed by atoms with Gasteiger partial charge in [-0.15, -0.1) is 0 Å². The lowest BCUT2D eigenvalue weighted by molar-refractivity contribution is -0.139. The van der Waals surface area contributed by atoms with Gasteiger partial charge in [0.1, 0.15) is 5.75 Å². The normalized spacial score (nSPS) is 11.8. The third kappa shape index (κ3) is 7.24. The Morgan fingerprint density at radius 2 is 1.87 bits per heavy atom. The second-order valence-corrected chi connectivity index (χ2v) is 9.40. The summed E-state index contributed by atoms with van der Waals surface area (Å²) in [5, 5.41) is 9.50. The van der Waals surface area contributed by atoms with Crippen LogP contribution in [0.1, 0.15) is 16.7 Å². The zero-order valence-electron chi connectivity index (χ0n) is 20.0. The molecule has 0 spiro atoms. The molecule has 38 heavy (non-hydrogen) atoms. The minimum Gasteiger partial charge on any atom is -0.483 e. The van der Waals surface area contributed by atoms with Crippen LogP contribution in [0.2, 0.25) is 5.02 Å². The van der Waals surface area contributed by atoms with Gasteiger partial charge in [-0.05, 0) is 66.6 Å². The molecule has 0 saturated carbocycles. The molecule has 0 aliphatic carbocycles. The monoisotopic (exact) mass is 600 g/mol. The number of nitrogens with one attached hydrogen (secondary N) is 3. The maximum absolute atomic E-state index is 12.4. The molecule has 196 valence electrons. The lowest BCUT2D eigenvalue weighted by Gasteiger charge is -2.11. The summed E-state index contributed by atoms with van der Waals surface area (Å²) in [6.45, 7) is 1.86. The van der Waals surface area contributed by atoms with Crippen molar-refractivity contribution in [2.75, 3.05) is 18.7 Å². The number of benzene rings is 3. The number of amides is 3. The first-order valence-electron chi connectivity index (χ1n) is 11.3. The van der Waals surface area contributed by atoms with Gasteiger partial charge in [0, 0.05) is 27.3 Å². The quantitative estimate of drug-likeness (QED) is 0.204. The summed E-state index contributed by atoms with van der Waals surface area (Å²) in [5.41, 5.74) is 4.84. The molecule has 3 N–H and O–H groups in total. The average molecular weight is 602 g/mol. The summed E-state index contributed by atoms with van der Waals surface area (Å²) < 4.78 is 17.1. The van der Waals surface area contributed by atoms with Crippen LogP contribution in [0, 0.1) is 6.92 Å². The van der Waals surface area contributed by atoms with Crippen LogP contribution < -0.4 is 30.3 Å². The Morgan fingerprint density at radius 1 is 1.05 bits per heavy atom. The van der Waals surface area contributed by atoms with E-state index in [1.165, 1.54) is 6.21 Å². The number of ether oxygens (including phenoxy) is 3. The van der Waals surface area contributed by atoms with Crippen LogP contribution in [0.5, 0.6) is 17.2 Å². The molecular formula is C26H22BrClN4O6. The van der Waals surface area contributed by atoms with Gasteiger partial charge in [-0.2, -0.15) is 5.10 Å². The highest BCUT2D eigenvalue weighted by Gasteiger charge is 2.16. The van der Waals surface area contributed by atoms with Crippen LogP contribution in [0.4, 0.5) is 5.69 Å². The first kappa shape index (κ1) is 27.0. The predicted octanol–water partition coefficient (Wildman–Crippen LogP) is 3.92. The third-order valence-electron chi connectivity index (χ3n) is 5.26. The molecule has 0 saturated heterocycles. The molecule has 0 aromatic heterocycles. The number of hydrogen-bond donors (Lipinski definition) is 3. The molecule has 1 aliphatic rings. The number of fused-ring (bicyclic) bond motifs is 1. The highest BCUT2D eigenvalue weighted by atomic mass is 79.9. The second kappa shape index (κ2) is 12.4. The van der Waals surface area contributed by atoms with Crippen molar-refractivity contribution < 1.29 is 28.6 Å². The minimum absolute atomic E-state index is 0.112. The fraction of sp³-hybridized carbons (Fsp3) is 0.154. The number of aryl methyl sites for hydroxylation is 1. The molecule has 4 rings (SSSR count). The van der Waals surface area contributed by atoms with E-state index in [0.29, 0.717) is 33.5 Å². The van der Waals surface area contributed by atoms with E-state index in [0.717, 1.165) is 15.6 Å². The first-order valence-corrected chi connectivity index (χ1v) is 12.4. The molecule has 10 nitrogen and oxygen atoms in total. The summed E-state index contributed by atoms with van der Waals surface area (Å²) in [4.78, 5) is 36.7. The molecule has 0 unspecified atom stereocenters. The van der Waals surface area contributed by atoms with Crippen LogP contribution in [-0.4, -0.2) is 37.3 Å². The van der Waals surface area contributed by atoms with Gasteiger partial charge < -0.3 is 24.8 Å². The Bertz CT molecular complexity index is 1410. The molecule has 0 bridgehead atoms. The largest absolute Gasteiger partial charge is 0.483 e. The Hall–Kier alpha value is -4.09.